The lowest BCUT2D eigenvalue weighted by molar-refractivity contribution is 0.0952. The highest BCUT2D eigenvalue weighted by atomic mass is 19.1. The summed E-state index contributed by atoms with van der Waals surface area (Å²) in [6.45, 7) is 4.89. The van der Waals surface area contributed by atoms with E-state index >= 15 is 0 Å². The Morgan fingerprint density at radius 2 is 1.79 bits per heavy atom. The third-order valence-electron chi connectivity index (χ3n) is 4.74. The summed E-state index contributed by atoms with van der Waals surface area (Å²) in [5.74, 6) is -0.376. The molecule has 28 heavy (non-hydrogen) atoms. The van der Waals surface area contributed by atoms with Gasteiger partial charge in [-0.05, 0) is 44.5 Å². The quantitative estimate of drug-likeness (QED) is 0.633. The number of amides is 1. The van der Waals surface area contributed by atoms with Gasteiger partial charge in [0.05, 0.1) is 28.3 Å². The lowest BCUT2D eigenvalue weighted by Gasteiger charge is -2.19. The maximum Gasteiger partial charge on any atom is 0.255 e. The minimum Gasteiger partial charge on any atom is -0.372 e. The first kappa shape index (κ1) is 19.6. The van der Waals surface area contributed by atoms with Crippen LogP contribution in [0, 0.1) is 19.7 Å². The Kier molecular flexibility index (Phi) is 6.09. The van der Waals surface area contributed by atoms with Gasteiger partial charge in [0.25, 0.3) is 5.91 Å². The van der Waals surface area contributed by atoms with E-state index in [1.54, 1.807) is 16.8 Å². The van der Waals surface area contributed by atoms with Crippen molar-refractivity contribution in [2.24, 2.45) is 0 Å². The van der Waals surface area contributed by atoms with Crippen LogP contribution < -0.4 is 10.2 Å². The molecule has 0 aliphatic rings. The van der Waals surface area contributed by atoms with Gasteiger partial charge in [-0.25, -0.2) is 9.07 Å². The molecule has 0 saturated heterocycles. The third-order valence-corrected chi connectivity index (χ3v) is 4.74. The van der Waals surface area contributed by atoms with Gasteiger partial charge in [0, 0.05) is 20.1 Å². The second-order valence-corrected chi connectivity index (χ2v) is 6.78. The van der Waals surface area contributed by atoms with Crippen molar-refractivity contribution in [3.05, 3.63) is 77.4 Å². The van der Waals surface area contributed by atoms with Gasteiger partial charge in [-0.2, -0.15) is 5.10 Å². The molecular weight excluding hydrogens is 355 g/mol. The Bertz CT molecular complexity index is 952. The number of hydrogen-bond donors (Lipinski definition) is 1. The summed E-state index contributed by atoms with van der Waals surface area (Å²) in [5, 5.41) is 7.47. The number of nitrogens with zero attached hydrogens (tertiary/aromatic N) is 3. The number of halogens is 1. The first-order valence-electron chi connectivity index (χ1n) is 9.34. The van der Waals surface area contributed by atoms with Gasteiger partial charge >= 0.3 is 0 Å². The molecule has 0 aliphatic carbocycles. The van der Waals surface area contributed by atoms with Gasteiger partial charge in [0.15, 0.2) is 0 Å². The molecule has 3 rings (SSSR count). The number of rotatable bonds is 7. The summed E-state index contributed by atoms with van der Waals surface area (Å²) < 4.78 is 15.6. The molecule has 1 heterocycles. The fourth-order valence-electron chi connectivity index (χ4n) is 3.28. The van der Waals surface area contributed by atoms with E-state index < -0.39 is 0 Å². The molecule has 0 saturated carbocycles. The van der Waals surface area contributed by atoms with Gasteiger partial charge in [-0.15, -0.1) is 0 Å². The molecule has 0 aliphatic heterocycles. The molecule has 3 aromatic rings. The van der Waals surface area contributed by atoms with Crippen LogP contribution in [0.5, 0.6) is 0 Å². The Labute approximate surface area is 164 Å². The highest BCUT2D eigenvalue weighted by Gasteiger charge is 2.19. The number of anilines is 1. The number of aryl methyl sites for hydroxylation is 1. The molecule has 1 aromatic heterocycles. The highest BCUT2D eigenvalue weighted by Crippen LogP contribution is 2.18. The summed E-state index contributed by atoms with van der Waals surface area (Å²) in [6, 6.07) is 16.4. The fraction of sp³-hybridized carbons (Fsp3) is 0.273. The predicted molar refractivity (Wildman–Crippen MR) is 110 cm³/mol. The van der Waals surface area contributed by atoms with E-state index in [4.69, 9.17) is 0 Å². The van der Waals surface area contributed by atoms with Gasteiger partial charge in [-0.1, -0.05) is 30.3 Å². The Balaban J connectivity index is 1.58. The topological polar surface area (TPSA) is 50.2 Å². The van der Waals surface area contributed by atoms with Crippen molar-refractivity contribution in [3.8, 4) is 5.69 Å². The first-order valence-corrected chi connectivity index (χ1v) is 9.34. The van der Waals surface area contributed by atoms with E-state index in [0.29, 0.717) is 36.5 Å². The van der Waals surface area contributed by atoms with Crippen LogP contribution in [0.25, 0.3) is 5.69 Å². The maximum absolute atomic E-state index is 13.8. The van der Waals surface area contributed by atoms with Crippen molar-refractivity contribution in [1.29, 1.82) is 0 Å². The maximum atomic E-state index is 13.8. The van der Waals surface area contributed by atoms with Gasteiger partial charge < -0.3 is 10.2 Å². The molecule has 146 valence electrons. The van der Waals surface area contributed by atoms with Crippen LogP contribution in [0.3, 0.4) is 0 Å². The van der Waals surface area contributed by atoms with Crippen molar-refractivity contribution >= 4 is 11.6 Å². The van der Waals surface area contributed by atoms with E-state index in [1.807, 2.05) is 62.2 Å². The van der Waals surface area contributed by atoms with Crippen LogP contribution in [0.2, 0.25) is 0 Å². The molecule has 0 atom stereocenters. The van der Waals surface area contributed by atoms with Crippen LogP contribution in [-0.4, -0.2) is 35.8 Å². The molecule has 0 spiro atoms. The lowest BCUT2D eigenvalue weighted by Crippen LogP contribution is -2.29. The van der Waals surface area contributed by atoms with Gasteiger partial charge in [0.2, 0.25) is 0 Å². The number of para-hydroxylation sites is 2. The van der Waals surface area contributed by atoms with E-state index in [2.05, 4.69) is 10.4 Å². The van der Waals surface area contributed by atoms with E-state index in [-0.39, 0.29) is 11.7 Å². The number of hydrogen-bond acceptors (Lipinski definition) is 3. The second-order valence-electron chi connectivity index (χ2n) is 6.78. The zero-order valence-electron chi connectivity index (χ0n) is 16.4. The molecular formula is C22H25FN4O. The highest BCUT2D eigenvalue weighted by molar-refractivity contribution is 5.96. The van der Waals surface area contributed by atoms with Gasteiger partial charge in [0.1, 0.15) is 5.82 Å². The number of nitrogens with one attached hydrogen (secondary N) is 1. The van der Waals surface area contributed by atoms with Crippen molar-refractivity contribution in [3.63, 3.8) is 0 Å². The number of carbonyl (C=O) groups excluding carboxylic acids is 1. The molecule has 0 bridgehead atoms. The SMILES string of the molecule is Cc1nn(-c2ccccc2)c(C)c1C(=O)NCCCN(C)c1ccccc1F. The second kappa shape index (κ2) is 8.69. The van der Waals surface area contributed by atoms with Crippen LogP contribution in [0.1, 0.15) is 28.2 Å². The van der Waals surface area contributed by atoms with E-state index in [1.165, 1.54) is 6.07 Å². The molecule has 2 aromatic carbocycles. The standard InChI is InChI=1S/C22H25FN4O/c1-16-21(17(2)27(25-16)18-10-5-4-6-11-18)22(28)24-14-9-15-26(3)20-13-8-7-12-19(20)23/h4-8,10-13H,9,14-15H2,1-3H3,(H,24,28). The zero-order valence-corrected chi connectivity index (χ0v) is 16.4. The smallest absolute Gasteiger partial charge is 0.255 e. The molecule has 0 radical (unpaired) electrons. The number of carbonyl (C=O) groups is 1. The minimum atomic E-state index is -0.242. The Hall–Kier alpha value is -3.15. The van der Waals surface area contributed by atoms with Crippen molar-refractivity contribution < 1.29 is 9.18 Å². The lowest BCUT2D eigenvalue weighted by atomic mass is 10.2. The molecule has 1 amide bonds. The van der Waals surface area contributed by atoms with Crippen LogP contribution in [0.15, 0.2) is 54.6 Å². The van der Waals surface area contributed by atoms with E-state index in [9.17, 15) is 9.18 Å². The van der Waals surface area contributed by atoms with Crippen LogP contribution >= 0.6 is 0 Å². The van der Waals surface area contributed by atoms with Crippen LogP contribution in [0.4, 0.5) is 10.1 Å². The molecule has 5 nitrogen and oxygen atoms in total. The average Bonchev–Trinajstić information content (AvgIpc) is 3.00. The largest absolute Gasteiger partial charge is 0.372 e. The monoisotopic (exact) mass is 380 g/mol. The van der Waals surface area contributed by atoms with Crippen molar-refractivity contribution in [2.75, 3.05) is 25.0 Å². The van der Waals surface area contributed by atoms with Gasteiger partial charge in [-0.3, -0.25) is 4.79 Å². The molecule has 1 N–H and O–H groups in total. The Morgan fingerprint density at radius 1 is 1.11 bits per heavy atom. The summed E-state index contributed by atoms with van der Waals surface area (Å²) in [7, 11) is 1.85. The Morgan fingerprint density at radius 3 is 2.50 bits per heavy atom. The van der Waals surface area contributed by atoms with Crippen LogP contribution in [-0.2, 0) is 0 Å². The normalized spacial score (nSPS) is 10.7. The fourth-order valence-corrected chi connectivity index (χ4v) is 3.28. The summed E-state index contributed by atoms with van der Waals surface area (Å²) in [6.07, 6.45) is 0.710. The van der Waals surface area contributed by atoms with Crippen molar-refractivity contribution in [2.45, 2.75) is 20.3 Å². The third kappa shape index (κ3) is 4.22. The molecule has 0 fully saturated rings. The predicted octanol–water partition coefficient (Wildman–Crippen LogP) is 3.88. The molecule has 0 unspecified atom stereocenters. The average molecular weight is 380 g/mol. The summed E-state index contributed by atoms with van der Waals surface area (Å²) in [5.41, 5.74) is 3.59. The minimum absolute atomic E-state index is 0.134. The summed E-state index contributed by atoms with van der Waals surface area (Å²) >= 11 is 0. The van der Waals surface area contributed by atoms with Crippen molar-refractivity contribution in [1.82, 2.24) is 15.1 Å². The summed E-state index contributed by atoms with van der Waals surface area (Å²) in [4.78, 5) is 14.5. The first-order chi connectivity index (χ1) is 13.5. The molecule has 6 heteroatoms. The van der Waals surface area contributed by atoms with E-state index in [0.717, 1.165) is 11.4 Å². The number of benzene rings is 2. The number of aromatic nitrogens is 2. The zero-order chi connectivity index (χ0) is 20.1.